The Labute approximate surface area is 127 Å². The van der Waals surface area contributed by atoms with Gasteiger partial charge in [0.05, 0.1) is 7.11 Å². The van der Waals surface area contributed by atoms with E-state index in [9.17, 15) is 13.2 Å². The van der Waals surface area contributed by atoms with Crippen LogP contribution in [-0.2, 0) is 14.8 Å². The number of fused-ring (bicyclic) bond motifs is 1. The van der Waals surface area contributed by atoms with E-state index in [1.165, 1.54) is 17.5 Å². The maximum absolute atomic E-state index is 12.8. The number of ether oxygens (including phenoxy) is 1. The first-order chi connectivity index (χ1) is 9.95. The summed E-state index contributed by atoms with van der Waals surface area (Å²) in [6, 6.07) is 1.55. The quantitative estimate of drug-likeness (QED) is 0.832. The highest BCUT2D eigenvalue weighted by atomic mass is 32.2. The first kappa shape index (κ1) is 15.0. The second-order valence-corrected chi connectivity index (χ2v) is 8.42. The lowest BCUT2D eigenvalue weighted by Gasteiger charge is -2.18. The number of carbonyl (C=O) groups is 1. The Balaban J connectivity index is 1.89. The molecule has 1 aliphatic carbocycles. The van der Waals surface area contributed by atoms with Gasteiger partial charge in [-0.15, -0.1) is 11.3 Å². The molecule has 3 atom stereocenters. The van der Waals surface area contributed by atoms with Gasteiger partial charge in [0, 0.05) is 19.1 Å². The van der Waals surface area contributed by atoms with Crippen LogP contribution in [0.5, 0.6) is 0 Å². The van der Waals surface area contributed by atoms with Gasteiger partial charge in [0.1, 0.15) is 9.77 Å². The van der Waals surface area contributed by atoms with E-state index in [1.54, 1.807) is 5.38 Å². The predicted octanol–water partition coefficient (Wildman–Crippen LogP) is 0.893. The fourth-order valence-corrected chi connectivity index (χ4v) is 6.19. The predicted molar refractivity (Wildman–Crippen MR) is 78.6 cm³/mol. The smallest absolute Gasteiger partial charge is 0.349 e. The van der Waals surface area contributed by atoms with Gasteiger partial charge in [0.15, 0.2) is 0 Å². The van der Waals surface area contributed by atoms with Crippen molar-refractivity contribution in [2.75, 3.05) is 20.2 Å². The Morgan fingerprint density at radius 3 is 2.86 bits per heavy atom. The Kier molecular flexibility index (Phi) is 3.81. The Bertz CT molecular complexity index is 655. The van der Waals surface area contributed by atoms with Crippen LogP contribution in [0.3, 0.4) is 0 Å². The highest BCUT2D eigenvalue weighted by molar-refractivity contribution is 7.89. The van der Waals surface area contributed by atoms with Crippen LogP contribution in [0.1, 0.15) is 22.5 Å². The molecule has 1 aromatic heterocycles. The molecule has 3 unspecified atom stereocenters. The number of esters is 1. The number of rotatable bonds is 3. The van der Waals surface area contributed by atoms with Crippen molar-refractivity contribution >= 4 is 27.3 Å². The molecule has 0 aromatic carbocycles. The molecular weight excluding hydrogens is 312 g/mol. The van der Waals surface area contributed by atoms with Crippen molar-refractivity contribution in [2.45, 2.75) is 23.8 Å². The number of hydrogen-bond donors (Lipinski definition) is 1. The SMILES string of the molecule is COC(=O)c1sccc1S(=O)(=O)N1CC2CCC(N)C2C1. The fraction of sp³-hybridized carbons (Fsp3) is 0.615. The van der Waals surface area contributed by atoms with Crippen molar-refractivity contribution in [1.82, 2.24) is 4.31 Å². The van der Waals surface area contributed by atoms with Crippen LogP contribution in [0.15, 0.2) is 16.3 Å². The second-order valence-electron chi connectivity index (χ2n) is 5.59. The van der Waals surface area contributed by atoms with Crippen LogP contribution in [0, 0.1) is 11.8 Å². The zero-order valence-electron chi connectivity index (χ0n) is 11.7. The van der Waals surface area contributed by atoms with Gasteiger partial charge in [-0.3, -0.25) is 0 Å². The molecule has 2 aliphatic rings. The maximum Gasteiger partial charge on any atom is 0.349 e. The van der Waals surface area contributed by atoms with Gasteiger partial charge in [-0.1, -0.05) is 0 Å². The van der Waals surface area contributed by atoms with E-state index in [4.69, 9.17) is 5.73 Å². The van der Waals surface area contributed by atoms with E-state index in [2.05, 4.69) is 4.74 Å². The second kappa shape index (κ2) is 5.35. The molecule has 116 valence electrons. The number of thiophene rings is 1. The van der Waals surface area contributed by atoms with Gasteiger partial charge in [-0.25, -0.2) is 13.2 Å². The first-order valence-corrected chi connectivity index (χ1v) is 9.18. The summed E-state index contributed by atoms with van der Waals surface area (Å²) in [6.45, 7) is 0.946. The van der Waals surface area contributed by atoms with Crippen LogP contribution in [0.25, 0.3) is 0 Å². The zero-order chi connectivity index (χ0) is 15.2. The minimum atomic E-state index is -3.66. The highest BCUT2D eigenvalue weighted by Gasteiger charge is 2.45. The number of sulfonamides is 1. The van der Waals surface area contributed by atoms with Crippen LogP contribution in [0.4, 0.5) is 0 Å². The van der Waals surface area contributed by atoms with E-state index in [0.29, 0.717) is 19.0 Å². The molecule has 6 nitrogen and oxygen atoms in total. The van der Waals surface area contributed by atoms with Crippen LogP contribution < -0.4 is 5.73 Å². The third-order valence-electron chi connectivity index (χ3n) is 4.50. The summed E-state index contributed by atoms with van der Waals surface area (Å²) >= 11 is 1.08. The highest BCUT2D eigenvalue weighted by Crippen LogP contribution is 2.40. The summed E-state index contributed by atoms with van der Waals surface area (Å²) < 4.78 is 31.6. The standard InChI is InChI=1S/C13H18N2O4S2/c1-19-13(16)12-11(4-5-20-12)21(17,18)15-6-8-2-3-10(14)9(8)7-15/h4-5,8-10H,2-3,6-7,14H2,1H3. The number of nitrogens with two attached hydrogens (primary N) is 1. The average Bonchev–Trinajstić information content (AvgIpc) is 3.14. The topological polar surface area (TPSA) is 89.7 Å². The average molecular weight is 330 g/mol. The summed E-state index contributed by atoms with van der Waals surface area (Å²) in [5, 5.41) is 1.60. The van der Waals surface area contributed by atoms with Crippen molar-refractivity contribution < 1.29 is 17.9 Å². The molecular formula is C13H18N2O4S2. The van der Waals surface area contributed by atoms with E-state index >= 15 is 0 Å². The molecule has 0 radical (unpaired) electrons. The van der Waals surface area contributed by atoms with Crippen LogP contribution >= 0.6 is 11.3 Å². The number of carbonyl (C=O) groups excluding carboxylic acids is 1. The van der Waals surface area contributed by atoms with E-state index < -0.39 is 16.0 Å². The molecule has 8 heteroatoms. The van der Waals surface area contributed by atoms with Crippen molar-refractivity contribution in [3.05, 3.63) is 16.3 Å². The van der Waals surface area contributed by atoms with Crippen molar-refractivity contribution in [1.29, 1.82) is 0 Å². The Morgan fingerprint density at radius 1 is 1.43 bits per heavy atom. The normalized spacial score (nSPS) is 29.5. The molecule has 21 heavy (non-hydrogen) atoms. The number of methoxy groups -OCH3 is 1. The zero-order valence-corrected chi connectivity index (χ0v) is 13.3. The number of hydrogen-bond acceptors (Lipinski definition) is 6. The van der Waals surface area contributed by atoms with E-state index in [1.807, 2.05) is 0 Å². The first-order valence-electron chi connectivity index (χ1n) is 6.86. The molecule has 0 spiro atoms. The minimum absolute atomic E-state index is 0.0490. The maximum atomic E-state index is 12.8. The molecule has 0 bridgehead atoms. The molecule has 2 heterocycles. The minimum Gasteiger partial charge on any atom is -0.465 e. The molecule has 1 saturated carbocycles. The molecule has 2 N–H and O–H groups in total. The summed E-state index contributed by atoms with van der Waals surface area (Å²) in [7, 11) is -2.41. The van der Waals surface area contributed by atoms with Gasteiger partial charge in [-0.2, -0.15) is 4.31 Å². The van der Waals surface area contributed by atoms with Gasteiger partial charge in [0.25, 0.3) is 0 Å². The number of nitrogens with zero attached hydrogens (tertiary/aromatic N) is 1. The lowest BCUT2D eigenvalue weighted by Crippen LogP contribution is -2.33. The molecule has 0 amide bonds. The van der Waals surface area contributed by atoms with Crippen molar-refractivity contribution in [2.24, 2.45) is 17.6 Å². The Morgan fingerprint density at radius 2 is 2.19 bits per heavy atom. The van der Waals surface area contributed by atoms with Crippen LogP contribution in [0.2, 0.25) is 0 Å². The van der Waals surface area contributed by atoms with E-state index in [0.717, 1.165) is 24.2 Å². The summed E-state index contributed by atoms with van der Waals surface area (Å²) in [5.74, 6) is -0.0327. The molecule has 1 aliphatic heterocycles. The van der Waals surface area contributed by atoms with Gasteiger partial charge in [-0.05, 0) is 36.1 Å². The Hall–Kier alpha value is -0.960. The largest absolute Gasteiger partial charge is 0.465 e. The van der Waals surface area contributed by atoms with Crippen molar-refractivity contribution in [3.63, 3.8) is 0 Å². The molecule has 2 fully saturated rings. The molecule has 1 aromatic rings. The molecule has 1 saturated heterocycles. The molecule has 3 rings (SSSR count). The van der Waals surface area contributed by atoms with Crippen molar-refractivity contribution in [3.8, 4) is 0 Å². The van der Waals surface area contributed by atoms with Crippen LogP contribution in [-0.4, -0.2) is 44.9 Å². The van der Waals surface area contributed by atoms with E-state index in [-0.39, 0.29) is 21.7 Å². The van der Waals surface area contributed by atoms with Gasteiger partial charge < -0.3 is 10.5 Å². The monoisotopic (exact) mass is 330 g/mol. The summed E-state index contributed by atoms with van der Waals surface area (Å²) in [6.07, 6.45) is 1.94. The third kappa shape index (κ3) is 2.40. The third-order valence-corrected chi connectivity index (χ3v) is 7.39. The lowest BCUT2D eigenvalue weighted by molar-refractivity contribution is 0.0602. The lowest BCUT2D eigenvalue weighted by atomic mass is 9.98. The summed E-state index contributed by atoms with van der Waals surface area (Å²) in [4.78, 5) is 11.9. The van der Waals surface area contributed by atoms with Gasteiger partial charge >= 0.3 is 5.97 Å². The van der Waals surface area contributed by atoms with Gasteiger partial charge in [0.2, 0.25) is 10.0 Å². The fourth-order valence-electron chi connectivity index (χ4n) is 3.34. The summed E-state index contributed by atoms with van der Waals surface area (Å²) in [5.41, 5.74) is 6.05.